The number of hydrogen-bond donors (Lipinski definition) is 1. The van der Waals surface area contributed by atoms with Crippen LogP contribution in [0.15, 0.2) is 27.8 Å². The van der Waals surface area contributed by atoms with Gasteiger partial charge in [-0.15, -0.1) is 0 Å². The van der Waals surface area contributed by atoms with E-state index in [2.05, 4.69) is 16.9 Å². The predicted octanol–water partition coefficient (Wildman–Crippen LogP) is 0.155. The van der Waals surface area contributed by atoms with Crippen LogP contribution in [0, 0.1) is 5.92 Å². The van der Waals surface area contributed by atoms with E-state index < -0.39 is 0 Å². The van der Waals surface area contributed by atoms with Crippen molar-refractivity contribution in [3.63, 3.8) is 0 Å². The maximum Gasteiger partial charge on any atom is 0.254 e. The third-order valence-corrected chi connectivity index (χ3v) is 4.85. The Balaban J connectivity index is 1.59. The number of amidine groups is 1. The minimum atomic E-state index is -0.315. The van der Waals surface area contributed by atoms with Crippen molar-refractivity contribution in [1.29, 1.82) is 0 Å². The van der Waals surface area contributed by atoms with Crippen molar-refractivity contribution in [2.45, 2.75) is 44.7 Å². The van der Waals surface area contributed by atoms with E-state index in [-0.39, 0.29) is 18.0 Å². The zero-order valence-electron chi connectivity index (χ0n) is 12.2. The lowest BCUT2D eigenvalue weighted by molar-refractivity contribution is -0.450. The Bertz CT molecular complexity index is 617. The summed E-state index contributed by atoms with van der Waals surface area (Å²) in [6, 6.07) is 3.65. The highest BCUT2D eigenvalue weighted by Gasteiger charge is 2.48. The molecule has 1 saturated carbocycles. The summed E-state index contributed by atoms with van der Waals surface area (Å²) in [5.41, 5.74) is 1.33. The highest BCUT2D eigenvalue weighted by Crippen LogP contribution is 2.28. The molecule has 1 aliphatic carbocycles. The van der Waals surface area contributed by atoms with Crippen LogP contribution in [0.1, 0.15) is 31.9 Å². The standard InChI is InChI=1S/C16H19N3O2/c1-10-4-2-6-13-15(10)17-9-14-18-12(16(20)19(13)14)8-11-5-3-7-21-11/h3,5,7,10,12-13H,2,4,6,8-9H2,1H3/p+1. The van der Waals surface area contributed by atoms with Crippen LogP contribution in [-0.2, 0) is 11.2 Å². The molecular weight excluding hydrogens is 266 g/mol. The van der Waals surface area contributed by atoms with Gasteiger partial charge in [-0.1, -0.05) is 6.92 Å². The van der Waals surface area contributed by atoms with Crippen LogP contribution in [0.25, 0.3) is 0 Å². The molecule has 1 fully saturated rings. The Morgan fingerprint density at radius 2 is 2.38 bits per heavy atom. The zero-order chi connectivity index (χ0) is 14.4. The largest absolute Gasteiger partial charge is 0.469 e. The van der Waals surface area contributed by atoms with E-state index in [4.69, 9.17) is 4.42 Å². The van der Waals surface area contributed by atoms with Crippen LogP contribution in [0.4, 0.5) is 0 Å². The van der Waals surface area contributed by atoms with E-state index in [0.29, 0.717) is 18.9 Å². The van der Waals surface area contributed by atoms with Gasteiger partial charge in [-0.05, 0) is 31.4 Å². The third kappa shape index (κ3) is 2.03. The van der Waals surface area contributed by atoms with Gasteiger partial charge in [0.1, 0.15) is 17.8 Å². The van der Waals surface area contributed by atoms with E-state index in [9.17, 15) is 4.79 Å². The fourth-order valence-corrected chi connectivity index (χ4v) is 3.80. The van der Waals surface area contributed by atoms with Gasteiger partial charge in [-0.25, -0.2) is 4.99 Å². The Hall–Kier alpha value is -1.91. The molecule has 5 heteroatoms. The number of carbonyl (C=O) groups is 1. The normalized spacial score (nSPS) is 31.6. The number of aliphatic imine (C=N–C) groups is 1. The number of fused-ring (bicyclic) bond motifs is 3. The molecule has 0 saturated heterocycles. The van der Waals surface area contributed by atoms with Gasteiger partial charge in [-0.2, -0.15) is 0 Å². The summed E-state index contributed by atoms with van der Waals surface area (Å²) in [5.74, 6) is 2.41. The number of nitrogens with zero attached hydrogens (tertiary/aromatic N) is 2. The van der Waals surface area contributed by atoms with Crippen LogP contribution in [-0.4, -0.2) is 41.0 Å². The number of rotatable bonds is 2. The van der Waals surface area contributed by atoms with Crippen molar-refractivity contribution < 1.29 is 14.2 Å². The maximum absolute atomic E-state index is 12.8. The van der Waals surface area contributed by atoms with Crippen LogP contribution in [0.2, 0.25) is 0 Å². The Kier molecular flexibility index (Phi) is 2.94. The monoisotopic (exact) mass is 286 g/mol. The first-order valence-corrected chi connectivity index (χ1v) is 7.77. The summed E-state index contributed by atoms with van der Waals surface area (Å²) in [5, 5.41) is 0. The molecule has 4 rings (SSSR count). The molecule has 2 aliphatic heterocycles. The van der Waals surface area contributed by atoms with Crippen molar-refractivity contribution in [3.05, 3.63) is 24.2 Å². The zero-order valence-corrected chi connectivity index (χ0v) is 12.2. The number of carbonyl (C=O) groups excluding carboxylic acids is 1. The molecule has 0 aromatic carbocycles. The van der Waals surface area contributed by atoms with E-state index in [1.54, 1.807) is 6.26 Å². The van der Waals surface area contributed by atoms with Gasteiger partial charge in [0.2, 0.25) is 0 Å². The number of furan rings is 1. The Morgan fingerprint density at radius 3 is 3.19 bits per heavy atom. The lowest BCUT2D eigenvalue weighted by Gasteiger charge is -2.35. The lowest BCUT2D eigenvalue weighted by atomic mass is 9.83. The molecule has 5 nitrogen and oxygen atoms in total. The molecule has 1 aromatic rings. The van der Waals surface area contributed by atoms with Gasteiger partial charge in [0.25, 0.3) is 5.91 Å². The van der Waals surface area contributed by atoms with Gasteiger partial charge < -0.3 is 4.42 Å². The molecule has 1 amide bonds. The topological polar surface area (TPSA) is 59.8 Å². The highest BCUT2D eigenvalue weighted by molar-refractivity contribution is 6.11. The first-order valence-electron chi connectivity index (χ1n) is 7.77. The summed E-state index contributed by atoms with van der Waals surface area (Å²) in [4.78, 5) is 22.9. The molecule has 110 valence electrons. The van der Waals surface area contributed by atoms with Crippen molar-refractivity contribution in [3.8, 4) is 0 Å². The summed E-state index contributed by atoms with van der Waals surface area (Å²) < 4.78 is 5.36. The molecule has 3 heterocycles. The number of nitrogens with one attached hydrogen (secondary N) is 1. The van der Waals surface area contributed by atoms with Crippen molar-refractivity contribution in [2.75, 3.05) is 6.54 Å². The average molecular weight is 286 g/mol. The smallest absolute Gasteiger partial charge is 0.254 e. The lowest BCUT2D eigenvalue weighted by Crippen LogP contribution is -2.85. The second kappa shape index (κ2) is 4.83. The molecule has 3 atom stereocenters. The van der Waals surface area contributed by atoms with Crippen molar-refractivity contribution >= 4 is 17.5 Å². The van der Waals surface area contributed by atoms with Gasteiger partial charge in [0, 0.05) is 12.3 Å². The average Bonchev–Trinajstić information content (AvgIpc) is 3.09. The molecule has 1 N–H and O–H groups in total. The van der Waals surface area contributed by atoms with Crippen LogP contribution in [0.3, 0.4) is 0 Å². The number of amides is 1. The van der Waals surface area contributed by atoms with Crippen LogP contribution < -0.4 is 4.99 Å². The minimum Gasteiger partial charge on any atom is -0.469 e. The van der Waals surface area contributed by atoms with Gasteiger partial charge in [0.15, 0.2) is 18.1 Å². The minimum absolute atomic E-state index is 0.138. The first kappa shape index (κ1) is 12.8. The van der Waals surface area contributed by atoms with E-state index in [1.807, 2.05) is 17.0 Å². The summed E-state index contributed by atoms with van der Waals surface area (Å²) in [6.45, 7) is 2.92. The molecule has 3 unspecified atom stereocenters. The molecule has 0 spiro atoms. The first-order chi connectivity index (χ1) is 10.2. The molecule has 0 bridgehead atoms. The van der Waals surface area contributed by atoms with Crippen molar-refractivity contribution in [2.24, 2.45) is 10.9 Å². The second-order valence-electron chi connectivity index (χ2n) is 6.21. The van der Waals surface area contributed by atoms with Gasteiger partial charge in [-0.3, -0.25) is 14.7 Å². The highest BCUT2D eigenvalue weighted by atomic mass is 16.3. The molecular formula is C16H20N3O2+. The second-order valence-corrected chi connectivity index (χ2v) is 6.21. The maximum atomic E-state index is 12.8. The fourth-order valence-electron chi connectivity index (χ4n) is 3.80. The molecule has 3 aliphatic rings. The quantitative estimate of drug-likeness (QED) is 0.841. The summed E-state index contributed by atoms with van der Waals surface area (Å²) in [7, 11) is 0. The Labute approximate surface area is 123 Å². The molecule has 21 heavy (non-hydrogen) atoms. The van der Waals surface area contributed by atoms with Crippen molar-refractivity contribution in [1.82, 2.24) is 4.90 Å². The Morgan fingerprint density at radius 1 is 1.48 bits per heavy atom. The fraction of sp³-hybridized carbons (Fsp3) is 0.562. The van der Waals surface area contributed by atoms with E-state index >= 15 is 0 Å². The van der Waals surface area contributed by atoms with Gasteiger partial charge >= 0.3 is 0 Å². The summed E-state index contributed by atoms with van der Waals surface area (Å²) in [6.07, 6.45) is 5.64. The summed E-state index contributed by atoms with van der Waals surface area (Å²) >= 11 is 0. The SMILES string of the molecule is CC1CCCC2C1=[NH+]CC1=NC(Cc3ccco3)C(=O)N12. The van der Waals surface area contributed by atoms with Crippen LogP contribution >= 0.6 is 0 Å². The van der Waals surface area contributed by atoms with E-state index in [0.717, 1.165) is 18.0 Å². The van der Waals surface area contributed by atoms with E-state index in [1.165, 1.54) is 18.6 Å². The van der Waals surface area contributed by atoms with Crippen LogP contribution in [0.5, 0.6) is 0 Å². The predicted molar refractivity (Wildman–Crippen MR) is 78.1 cm³/mol. The third-order valence-electron chi connectivity index (χ3n) is 4.85. The number of hydrogen-bond acceptors (Lipinski definition) is 3. The molecule has 0 radical (unpaired) electrons. The molecule has 1 aromatic heterocycles. The van der Waals surface area contributed by atoms with Gasteiger partial charge in [0.05, 0.1) is 6.26 Å².